The standard InChI is InChI=1S/C16H23NO4/c1-10-6-11(2)8-12(7-10)13(9-14(18)19)17-15(20)21-16(3,4)5/h6-8,13H,9H2,1-5H3,(H,17,20)(H,18,19). The first-order chi connectivity index (χ1) is 9.56. The summed E-state index contributed by atoms with van der Waals surface area (Å²) < 4.78 is 5.19. The van der Waals surface area contributed by atoms with E-state index in [1.165, 1.54) is 0 Å². The zero-order chi connectivity index (χ0) is 16.2. The first kappa shape index (κ1) is 17.0. The fourth-order valence-electron chi connectivity index (χ4n) is 2.09. The zero-order valence-corrected chi connectivity index (χ0v) is 13.2. The van der Waals surface area contributed by atoms with E-state index in [0.717, 1.165) is 16.7 Å². The molecule has 1 unspecified atom stereocenters. The predicted molar refractivity (Wildman–Crippen MR) is 80.3 cm³/mol. The highest BCUT2D eigenvalue weighted by atomic mass is 16.6. The van der Waals surface area contributed by atoms with Gasteiger partial charge in [-0.25, -0.2) is 4.79 Å². The smallest absolute Gasteiger partial charge is 0.408 e. The molecular formula is C16H23NO4. The van der Waals surface area contributed by atoms with E-state index in [2.05, 4.69) is 5.32 Å². The van der Waals surface area contributed by atoms with Crippen molar-refractivity contribution in [1.82, 2.24) is 5.32 Å². The van der Waals surface area contributed by atoms with Crippen molar-refractivity contribution >= 4 is 12.1 Å². The Morgan fingerprint density at radius 3 is 2.14 bits per heavy atom. The van der Waals surface area contributed by atoms with Crippen LogP contribution in [0.4, 0.5) is 4.79 Å². The van der Waals surface area contributed by atoms with Crippen LogP contribution in [-0.4, -0.2) is 22.8 Å². The molecule has 2 N–H and O–H groups in total. The van der Waals surface area contributed by atoms with Gasteiger partial charge in [-0.2, -0.15) is 0 Å². The molecule has 116 valence electrons. The number of aliphatic carboxylic acids is 1. The first-order valence-electron chi connectivity index (χ1n) is 6.86. The second-order valence-corrected chi connectivity index (χ2v) is 6.22. The first-order valence-corrected chi connectivity index (χ1v) is 6.86. The van der Waals surface area contributed by atoms with Gasteiger partial charge in [-0.05, 0) is 40.2 Å². The van der Waals surface area contributed by atoms with Gasteiger partial charge in [-0.1, -0.05) is 29.3 Å². The highest BCUT2D eigenvalue weighted by Crippen LogP contribution is 2.21. The Bertz CT molecular complexity index is 511. The Balaban J connectivity index is 2.95. The van der Waals surface area contributed by atoms with Gasteiger partial charge in [-0.15, -0.1) is 0 Å². The fourth-order valence-corrected chi connectivity index (χ4v) is 2.09. The third-order valence-corrected chi connectivity index (χ3v) is 2.72. The summed E-state index contributed by atoms with van der Waals surface area (Å²) in [7, 11) is 0. The molecule has 0 spiro atoms. The van der Waals surface area contributed by atoms with E-state index in [9.17, 15) is 9.59 Å². The molecule has 0 saturated carbocycles. The number of carboxylic acid groups (broad SMARTS) is 1. The van der Waals surface area contributed by atoms with E-state index in [4.69, 9.17) is 9.84 Å². The van der Waals surface area contributed by atoms with Crippen LogP contribution in [0.5, 0.6) is 0 Å². The molecule has 1 aromatic rings. The van der Waals surface area contributed by atoms with Gasteiger partial charge < -0.3 is 15.2 Å². The van der Waals surface area contributed by atoms with E-state index in [1.807, 2.05) is 32.0 Å². The monoisotopic (exact) mass is 293 g/mol. The number of carboxylic acids is 1. The minimum Gasteiger partial charge on any atom is -0.481 e. The molecule has 0 aromatic heterocycles. The summed E-state index contributed by atoms with van der Waals surface area (Å²) in [5.74, 6) is -0.977. The molecular weight excluding hydrogens is 270 g/mol. The quantitative estimate of drug-likeness (QED) is 0.892. The van der Waals surface area contributed by atoms with Gasteiger partial charge in [0.25, 0.3) is 0 Å². The van der Waals surface area contributed by atoms with Gasteiger partial charge in [-0.3, -0.25) is 4.79 Å². The SMILES string of the molecule is Cc1cc(C)cc(C(CC(=O)O)NC(=O)OC(C)(C)C)c1. The maximum atomic E-state index is 11.9. The van der Waals surface area contributed by atoms with Crippen molar-refractivity contribution < 1.29 is 19.4 Å². The van der Waals surface area contributed by atoms with Crippen LogP contribution in [0.15, 0.2) is 18.2 Å². The Labute approximate surface area is 125 Å². The second kappa shape index (κ2) is 6.61. The van der Waals surface area contributed by atoms with Gasteiger partial charge >= 0.3 is 12.1 Å². The van der Waals surface area contributed by atoms with Gasteiger partial charge in [0.2, 0.25) is 0 Å². The lowest BCUT2D eigenvalue weighted by Gasteiger charge is -2.23. The number of carbonyl (C=O) groups excluding carboxylic acids is 1. The van der Waals surface area contributed by atoms with Crippen LogP contribution >= 0.6 is 0 Å². The molecule has 1 amide bonds. The van der Waals surface area contributed by atoms with Gasteiger partial charge in [0.15, 0.2) is 0 Å². The predicted octanol–water partition coefficient (Wildman–Crippen LogP) is 3.34. The molecule has 1 aromatic carbocycles. The summed E-state index contributed by atoms with van der Waals surface area (Å²) in [6.07, 6.45) is -0.810. The lowest BCUT2D eigenvalue weighted by molar-refractivity contribution is -0.137. The van der Waals surface area contributed by atoms with Crippen molar-refractivity contribution in [3.05, 3.63) is 34.9 Å². The number of aryl methyl sites for hydroxylation is 2. The molecule has 5 heteroatoms. The number of rotatable bonds is 4. The van der Waals surface area contributed by atoms with Gasteiger partial charge in [0, 0.05) is 0 Å². The van der Waals surface area contributed by atoms with Crippen molar-refractivity contribution in [1.29, 1.82) is 0 Å². The minimum absolute atomic E-state index is 0.192. The Hall–Kier alpha value is -2.04. The largest absolute Gasteiger partial charge is 0.481 e. The van der Waals surface area contributed by atoms with Gasteiger partial charge in [0.05, 0.1) is 12.5 Å². The number of benzene rings is 1. The highest BCUT2D eigenvalue weighted by Gasteiger charge is 2.22. The van der Waals surface area contributed by atoms with Crippen molar-refractivity contribution in [3.8, 4) is 0 Å². The molecule has 0 aliphatic heterocycles. The van der Waals surface area contributed by atoms with E-state index >= 15 is 0 Å². The third kappa shape index (κ3) is 6.29. The number of hydrogen-bond donors (Lipinski definition) is 2. The van der Waals surface area contributed by atoms with E-state index < -0.39 is 23.7 Å². The Kier molecular flexibility index (Phi) is 5.35. The van der Waals surface area contributed by atoms with Crippen LogP contribution in [0.25, 0.3) is 0 Å². The average molecular weight is 293 g/mol. The summed E-state index contributed by atoms with van der Waals surface area (Å²) in [6.45, 7) is 9.14. The molecule has 0 aliphatic carbocycles. The molecule has 0 bridgehead atoms. The number of carbonyl (C=O) groups is 2. The van der Waals surface area contributed by atoms with Crippen LogP contribution in [0.2, 0.25) is 0 Å². The van der Waals surface area contributed by atoms with Crippen molar-refractivity contribution in [3.63, 3.8) is 0 Å². The molecule has 0 heterocycles. The Morgan fingerprint density at radius 2 is 1.71 bits per heavy atom. The fraction of sp³-hybridized carbons (Fsp3) is 0.500. The molecule has 5 nitrogen and oxygen atoms in total. The maximum absolute atomic E-state index is 11.9. The van der Waals surface area contributed by atoms with Gasteiger partial charge in [0.1, 0.15) is 5.60 Å². The summed E-state index contributed by atoms with van der Waals surface area (Å²) in [6, 6.07) is 5.13. The van der Waals surface area contributed by atoms with Crippen LogP contribution in [0, 0.1) is 13.8 Å². The summed E-state index contributed by atoms with van der Waals surface area (Å²) >= 11 is 0. The number of amides is 1. The molecule has 21 heavy (non-hydrogen) atoms. The summed E-state index contributed by atoms with van der Waals surface area (Å²) in [5, 5.41) is 11.7. The molecule has 0 aliphatic rings. The Morgan fingerprint density at radius 1 is 1.19 bits per heavy atom. The van der Waals surface area contributed by atoms with Crippen LogP contribution in [0.1, 0.15) is 49.9 Å². The zero-order valence-electron chi connectivity index (χ0n) is 13.2. The number of alkyl carbamates (subject to hydrolysis) is 1. The number of ether oxygens (including phenoxy) is 1. The van der Waals surface area contributed by atoms with Crippen LogP contribution in [-0.2, 0) is 9.53 Å². The van der Waals surface area contributed by atoms with Crippen molar-refractivity contribution in [2.45, 2.75) is 52.7 Å². The maximum Gasteiger partial charge on any atom is 0.408 e. The number of hydrogen-bond acceptors (Lipinski definition) is 3. The molecule has 0 fully saturated rings. The van der Waals surface area contributed by atoms with Crippen LogP contribution < -0.4 is 5.32 Å². The third-order valence-electron chi connectivity index (χ3n) is 2.72. The van der Waals surface area contributed by atoms with E-state index in [0.29, 0.717) is 0 Å². The topological polar surface area (TPSA) is 75.6 Å². The highest BCUT2D eigenvalue weighted by molar-refractivity contribution is 5.72. The average Bonchev–Trinajstić information content (AvgIpc) is 2.23. The van der Waals surface area contributed by atoms with Crippen molar-refractivity contribution in [2.24, 2.45) is 0 Å². The van der Waals surface area contributed by atoms with Crippen LogP contribution in [0.3, 0.4) is 0 Å². The lowest BCUT2D eigenvalue weighted by Crippen LogP contribution is -2.35. The minimum atomic E-state index is -0.977. The molecule has 1 atom stereocenters. The summed E-state index contributed by atoms with van der Waals surface area (Å²) in [5.41, 5.74) is 2.18. The summed E-state index contributed by atoms with van der Waals surface area (Å²) in [4.78, 5) is 22.9. The normalized spacial score (nSPS) is 12.6. The van der Waals surface area contributed by atoms with Crippen molar-refractivity contribution in [2.75, 3.05) is 0 Å². The second-order valence-electron chi connectivity index (χ2n) is 6.22. The molecule has 0 saturated heterocycles. The molecule has 1 rings (SSSR count). The van der Waals surface area contributed by atoms with E-state index in [-0.39, 0.29) is 6.42 Å². The lowest BCUT2D eigenvalue weighted by atomic mass is 9.99. The molecule has 0 radical (unpaired) electrons. The van der Waals surface area contributed by atoms with E-state index in [1.54, 1.807) is 20.8 Å². The number of nitrogens with one attached hydrogen (secondary N) is 1.